The molecular weight excluding hydrogens is 438 g/mol. The summed E-state index contributed by atoms with van der Waals surface area (Å²) in [7, 11) is 0. The molecule has 0 bridgehead atoms. The van der Waals surface area contributed by atoms with Crippen molar-refractivity contribution in [2.75, 3.05) is 16.3 Å². The fraction of sp³-hybridized carbons (Fsp3) is 0.0833. The third kappa shape index (κ3) is 3.21. The highest BCUT2D eigenvalue weighted by Gasteiger charge is 2.44. The Morgan fingerprint density at radius 2 is 1.61 bits per heavy atom. The molecule has 0 fully saturated rings. The summed E-state index contributed by atoms with van der Waals surface area (Å²) >= 11 is 12.5. The maximum Gasteiger partial charge on any atom is 0.282 e. The highest BCUT2D eigenvalue weighted by atomic mass is 35.5. The van der Waals surface area contributed by atoms with Gasteiger partial charge < -0.3 is 4.90 Å². The lowest BCUT2D eigenvalue weighted by Gasteiger charge is -2.22. The molecule has 0 aliphatic carbocycles. The molecule has 0 aromatic heterocycles. The zero-order valence-corrected chi connectivity index (χ0v) is 17.6. The monoisotopic (exact) mass is 452 g/mol. The minimum Gasteiger partial charge on any atom is -0.336 e. The molecule has 0 N–H and O–H groups in total. The lowest BCUT2D eigenvalue weighted by atomic mass is 10.0. The van der Waals surface area contributed by atoms with E-state index in [2.05, 4.69) is 0 Å². The molecule has 0 saturated heterocycles. The fourth-order valence-corrected chi connectivity index (χ4v) is 4.60. The summed E-state index contributed by atoms with van der Waals surface area (Å²) in [4.78, 5) is 30.1. The molecule has 31 heavy (non-hydrogen) atoms. The molecule has 3 aromatic carbocycles. The summed E-state index contributed by atoms with van der Waals surface area (Å²) in [6.07, 6.45) is 0.749. The predicted molar refractivity (Wildman–Crippen MR) is 120 cm³/mol. The third-order valence-corrected chi connectivity index (χ3v) is 6.05. The van der Waals surface area contributed by atoms with E-state index in [1.54, 1.807) is 18.2 Å². The van der Waals surface area contributed by atoms with Crippen LogP contribution >= 0.6 is 23.2 Å². The van der Waals surface area contributed by atoms with Crippen molar-refractivity contribution in [3.63, 3.8) is 0 Å². The molecule has 5 rings (SSSR count). The van der Waals surface area contributed by atoms with Crippen molar-refractivity contribution in [2.24, 2.45) is 0 Å². The average molecular weight is 453 g/mol. The molecule has 2 heterocycles. The van der Waals surface area contributed by atoms with E-state index in [0.29, 0.717) is 22.8 Å². The number of nitrogens with zero attached hydrogens (tertiary/aromatic N) is 2. The summed E-state index contributed by atoms with van der Waals surface area (Å²) in [5, 5.41) is 0.698. The first-order chi connectivity index (χ1) is 15.0. The van der Waals surface area contributed by atoms with Gasteiger partial charge in [0.15, 0.2) is 0 Å². The Bertz CT molecular complexity index is 1270. The highest BCUT2D eigenvalue weighted by Crippen LogP contribution is 2.41. The van der Waals surface area contributed by atoms with Gasteiger partial charge >= 0.3 is 0 Å². The van der Waals surface area contributed by atoms with Crippen molar-refractivity contribution < 1.29 is 14.0 Å². The van der Waals surface area contributed by atoms with E-state index in [0.717, 1.165) is 22.6 Å². The van der Waals surface area contributed by atoms with Crippen LogP contribution < -0.4 is 9.80 Å². The number of carbonyl (C=O) groups is 2. The maximum absolute atomic E-state index is 13.6. The van der Waals surface area contributed by atoms with Crippen molar-refractivity contribution in [2.45, 2.75) is 6.42 Å². The van der Waals surface area contributed by atoms with E-state index >= 15 is 0 Å². The molecule has 4 nitrogen and oxygen atoms in total. The topological polar surface area (TPSA) is 40.6 Å². The number of amides is 2. The Morgan fingerprint density at radius 3 is 2.35 bits per heavy atom. The van der Waals surface area contributed by atoms with Gasteiger partial charge in [0.2, 0.25) is 0 Å². The van der Waals surface area contributed by atoms with Crippen LogP contribution in [-0.4, -0.2) is 18.4 Å². The van der Waals surface area contributed by atoms with E-state index in [9.17, 15) is 14.0 Å². The SMILES string of the molecule is O=C1C(c2ccc(Cl)cc2Cl)=C(N2CCc3ccccc32)C(=O)N1c1ccc(F)cc1. The lowest BCUT2D eigenvalue weighted by molar-refractivity contribution is -0.120. The number of hydrogen-bond donors (Lipinski definition) is 0. The van der Waals surface area contributed by atoms with Gasteiger partial charge in [-0.1, -0.05) is 47.5 Å². The van der Waals surface area contributed by atoms with Gasteiger partial charge in [0.05, 0.1) is 16.3 Å². The third-order valence-electron chi connectivity index (χ3n) is 5.50. The Labute approximate surface area is 188 Å². The van der Waals surface area contributed by atoms with Crippen LogP contribution in [0.5, 0.6) is 0 Å². The van der Waals surface area contributed by atoms with E-state index in [1.807, 2.05) is 29.2 Å². The smallest absolute Gasteiger partial charge is 0.282 e. The molecule has 0 radical (unpaired) electrons. The number of hydrogen-bond acceptors (Lipinski definition) is 3. The van der Waals surface area contributed by atoms with Crippen LogP contribution in [0.25, 0.3) is 5.57 Å². The summed E-state index contributed by atoms with van der Waals surface area (Å²) < 4.78 is 13.5. The van der Waals surface area contributed by atoms with Crippen molar-refractivity contribution in [3.8, 4) is 0 Å². The second kappa shape index (κ2) is 7.52. The van der Waals surface area contributed by atoms with Gasteiger partial charge in [-0.25, -0.2) is 9.29 Å². The Kier molecular flexibility index (Phi) is 4.80. The zero-order chi connectivity index (χ0) is 21.7. The Balaban J connectivity index is 1.71. The maximum atomic E-state index is 13.6. The number of benzene rings is 3. The largest absolute Gasteiger partial charge is 0.336 e. The molecule has 0 spiro atoms. The molecule has 2 aliphatic heterocycles. The average Bonchev–Trinajstić information content (AvgIpc) is 3.27. The number of anilines is 2. The quantitative estimate of drug-likeness (QED) is 0.494. The normalized spacial score (nSPS) is 15.8. The number of fused-ring (bicyclic) bond motifs is 1. The van der Waals surface area contributed by atoms with Gasteiger partial charge in [0, 0.05) is 22.8 Å². The van der Waals surface area contributed by atoms with E-state index in [4.69, 9.17) is 23.2 Å². The van der Waals surface area contributed by atoms with Crippen LogP contribution in [0.1, 0.15) is 11.1 Å². The van der Waals surface area contributed by atoms with Gasteiger partial charge in [-0.3, -0.25) is 9.59 Å². The Morgan fingerprint density at radius 1 is 0.871 bits per heavy atom. The molecule has 2 aliphatic rings. The zero-order valence-electron chi connectivity index (χ0n) is 16.1. The van der Waals surface area contributed by atoms with Crippen LogP contribution in [0, 0.1) is 5.82 Å². The van der Waals surface area contributed by atoms with Crippen molar-refractivity contribution in [3.05, 3.63) is 99.4 Å². The predicted octanol–water partition coefficient (Wildman–Crippen LogP) is 5.48. The number of para-hydroxylation sites is 1. The van der Waals surface area contributed by atoms with Gasteiger partial charge in [0.25, 0.3) is 11.8 Å². The first-order valence-corrected chi connectivity index (χ1v) is 10.4. The van der Waals surface area contributed by atoms with Crippen molar-refractivity contribution >= 4 is 52.0 Å². The number of rotatable bonds is 3. The van der Waals surface area contributed by atoms with E-state index < -0.39 is 17.6 Å². The molecule has 154 valence electrons. The second-order valence-corrected chi connectivity index (χ2v) is 8.14. The van der Waals surface area contributed by atoms with E-state index in [-0.39, 0.29) is 16.3 Å². The van der Waals surface area contributed by atoms with Crippen LogP contribution in [0.4, 0.5) is 15.8 Å². The van der Waals surface area contributed by atoms with Gasteiger partial charge in [-0.2, -0.15) is 0 Å². The van der Waals surface area contributed by atoms with Crippen LogP contribution in [0.3, 0.4) is 0 Å². The van der Waals surface area contributed by atoms with Crippen LogP contribution in [-0.2, 0) is 16.0 Å². The standard InChI is InChI=1S/C24H15Cl2FN2O2/c25-15-5-10-18(19(26)13-15)21-22(28-12-11-14-3-1-2-4-20(14)28)24(31)29(23(21)30)17-8-6-16(27)7-9-17/h1-10,13H,11-12H2. The molecule has 0 unspecified atom stereocenters. The number of halogens is 3. The lowest BCUT2D eigenvalue weighted by Crippen LogP contribution is -2.34. The summed E-state index contributed by atoms with van der Waals surface area (Å²) in [5.74, 6) is -1.44. The first-order valence-electron chi connectivity index (χ1n) is 9.65. The Hall–Kier alpha value is -3.15. The van der Waals surface area contributed by atoms with Crippen molar-refractivity contribution in [1.82, 2.24) is 0 Å². The van der Waals surface area contributed by atoms with Crippen LogP contribution in [0.2, 0.25) is 10.0 Å². The minimum absolute atomic E-state index is 0.202. The summed E-state index contributed by atoms with van der Waals surface area (Å²) in [6, 6.07) is 17.8. The summed E-state index contributed by atoms with van der Waals surface area (Å²) in [6.45, 7) is 0.555. The fourth-order valence-electron chi connectivity index (χ4n) is 4.10. The van der Waals surface area contributed by atoms with Gasteiger partial charge in [-0.05, 0) is 54.4 Å². The molecule has 2 amide bonds. The van der Waals surface area contributed by atoms with Crippen molar-refractivity contribution in [1.29, 1.82) is 0 Å². The number of imide groups is 1. The minimum atomic E-state index is -0.514. The van der Waals surface area contributed by atoms with E-state index in [1.165, 1.54) is 24.3 Å². The molecule has 0 saturated carbocycles. The molecular formula is C24H15Cl2FN2O2. The molecule has 3 aromatic rings. The second-order valence-electron chi connectivity index (χ2n) is 7.30. The van der Waals surface area contributed by atoms with Crippen LogP contribution in [0.15, 0.2) is 72.4 Å². The highest BCUT2D eigenvalue weighted by molar-refractivity contribution is 6.48. The molecule has 7 heteroatoms. The molecule has 0 atom stereocenters. The first kappa shape index (κ1) is 19.8. The van der Waals surface area contributed by atoms with Gasteiger partial charge in [-0.15, -0.1) is 0 Å². The summed E-state index contributed by atoms with van der Waals surface area (Å²) in [5.41, 5.74) is 3.14. The number of carbonyl (C=O) groups excluding carboxylic acids is 2. The van der Waals surface area contributed by atoms with Gasteiger partial charge in [0.1, 0.15) is 11.5 Å².